The largest absolute Gasteiger partial charge is 0.325 e. The van der Waals surface area contributed by atoms with Crippen LogP contribution in [0.1, 0.15) is 46.4 Å². The molecule has 2 heterocycles. The van der Waals surface area contributed by atoms with Crippen molar-refractivity contribution in [3.8, 4) is 6.07 Å². The van der Waals surface area contributed by atoms with E-state index in [0.717, 1.165) is 52.2 Å². The van der Waals surface area contributed by atoms with E-state index in [1.54, 1.807) is 0 Å². The lowest BCUT2D eigenvalue weighted by molar-refractivity contribution is -0.134. The minimum Gasteiger partial charge on any atom is -0.319 e. The van der Waals surface area contributed by atoms with E-state index in [0.29, 0.717) is 23.4 Å². The van der Waals surface area contributed by atoms with Gasteiger partial charge in [-0.2, -0.15) is 5.26 Å². The van der Waals surface area contributed by atoms with Crippen LogP contribution in [-0.4, -0.2) is 29.3 Å². The number of hydrogen-bond donors (Lipinski definition) is 2. The van der Waals surface area contributed by atoms with Crippen LogP contribution < -0.4 is 10.6 Å². The SMILES string of the molecule is N#Cc1c(NC(=O)CN2C(=O)NC3(CCc4ccccc43)C2=O)sc2c1CCCC2. The lowest BCUT2D eigenvalue weighted by Gasteiger charge is -2.22. The fourth-order valence-electron chi connectivity index (χ4n) is 4.82. The summed E-state index contributed by atoms with van der Waals surface area (Å²) >= 11 is 1.43. The van der Waals surface area contributed by atoms with E-state index in [2.05, 4.69) is 16.7 Å². The summed E-state index contributed by atoms with van der Waals surface area (Å²) in [6, 6.07) is 9.23. The maximum absolute atomic E-state index is 13.2. The molecule has 1 spiro atoms. The highest BCUT2D eigenvalue weighted by molar-refractivity contribution is 7.16. The Bertz CT molecular complexity index is 1130. The van der Waals surface area contributed by atoms with Gasteiger partial charge in [-0.05, 0) is 55.2 Å². The Morgan fingerprint density at radius 2 is 2.03 bits per heavy atom. The van der Waals surface area contributed by atoms with Crippen LogP contribution in [0.5, 0.6) is 0 Å². The Kier molecular flexibility index (Phi) is 4.36. The molecule has 152 valence electrons. The summed E-state index contributed by atoms with van der Waals surface area (Å²) in [5.41, 5.74) is 2.32. The number of carbonyl (C=O) groups is 3. The van der Waals surface area contributed by atoms with Gasteiger partial charge in [0.1, 0.15) is 23.2 Å². The summed E-state index contributed by atoms with van der Waals surface area (Å²) in [4.78, 5) is 40.6. The van der Waals surface area contributed by atoms with Gasteiger partial charge in [0.15, 0.2) is 0 Å². The number of nitrogens with zero attached hydrogens (tertiary/aromatic N) is 2. The summed E-state index contributed by atoms with van der Waals surface area (Å²) < 4.78 is 0. The molecule has 5 rings (SSSR count). The van der Waals surface area contributed by atoms with Crippen molar-refractivity contribution in [1.29, 1.82) is 5.26 Å². The first-order valence-electron chi connectivity index (χ1n) is 10.1. The minimum atomic E-state index is -1.08. The lowest BCUT2D eigenvalue weighted by Crippen LogP contribution is -2.42. The molecule has 7 nitrogen and oxygen atoms in total. The topological polar surface area (TPSA) is 102 Å². The van der Waals surface area contributed by atoms with Crippen LogP contribution >= 0.6 is 11.3 Å². The van der Waals surface area contributed by atoms with Crippen molar-refractivity contribution in [1.82, 2.24) is 10.2 Å². The number of anilines is 1. The van der Waals surface area contributed by atoms with Crippen LogP contribution in [0.2, 0.25) is 0 Å². The number of imide groups is 1. The highest BCUT2D eigenvalue weighted by Crippen LogP contribution is 2.41. The number of nitriles is 1. The van der Waals surface area contributed by atoms with E-state index in [-0.39, 0.29) is 6.54 Å². The molecule has 0 saturated carbocycles. The maximum atomic E-state index is 13.2. The zero-order chi connectivity index (χ0) is 20.9. The molecule has 1 aromatic carbocycles. The second-order valence-electron chi connectivity index (χ2n) is 7.96. The molecule has 1 unspecified atom stereocenters. The Morgan fingerprint density at radius 1 is 1.23 bits per heavy atom. The van der Waals surface area contributed by atoms with Crippen LogP contribution in [0.3, 0.4) is 0 Å². The molecule has 1 saturated heterocycles. The molecule has 2 aliphatic carbocycles. The number of aryl methyl sites for hydroxylation is 2. The van der Waals surface area contributed by atoms with Gasteiger partial charge in [0, 0.05) is 4.88 Å². The van der Waals surface area contributed by atoms with Gasteiger partial charge in [-0.25, -0.2) is 4.79 Å². The molecule has 4 amide bonds. The van der Waals surface area contributed by atoms with Crippen molar-refractivity contribution in [3.63, 3.8) is 0 Å². The van der Waals surface area contributed by atoms with E-state index in [9.17, 15) is 19.6 Å². The number of amides is 4. The van der Waals surface area contributed by atoms with Crippen LogP contribution in [0.25, 0.3) is 0 Å². The Labute approximate surface area is 177 Å². The third kappa shape index (κ3) is 2.73. The third-order valence-corrected chi connectivity index (χ3v) is 7.47. The van der Waals surface area contributed by atoms with Crippen LogP contribution in [-0.2, 0) is 34.4 Å². The molecule has 30 heavy (non-hydrogen) atoms. The average Bonchev–Trinajstić information content (AvgIpc) is 3.36. The number of fused-ring (bicyclic) bond motifs is 3. The van der Waals surface area contributed by atoms with Crippen LogP contribution in [0, 0.1) is 11.3 Å². The first-order chi connectivity index (χ1) is 14.5. The molecule has 2 aromatic rings. The smallest absolute Gasteiger partial charge is 0.319 e. The number of rotatable bonds is 3. The monoisotopic (exact) mass is 420 g/mol. The molecule has 1 atom stereocenters. The zero-order valence-corrected chi connectivity index (χ0v) is 17.1. The average molecular weight is 420 g/mol. The molecule has 1 aromatic heterocycles. The highest BCUT2D eigenvalue weighted by Gasteiger charge is 2.55. The van der Waals surface area contributed by atoms with Crippen LogP contribution in [0.15, 0.2) is 24.3 Å². The van der Waals surface area contributed by atoms with Crippen molar-refractivity contribution < 1.29 is 14.4 Å². The van der Waals surface area contributed by atoms with Gasteiger partial charge < -0.3 is 10.6 Å². The molecule has 2 N–H and O–H groups in total. The first-order valence-corrected chi connectivity index (χ1v) is 10.9. The number of benzene rings is 1. The second-order valence-corrected chi connectivity index (χ2v) is 9.06. The molecule has 1 aliphatic heterocycles. The molecule has 0 bridgehead atoms. The van der Waals surface area contributed by atoms with Gasteiger partial charge >= 0.3 is 6.03 Å². The Morgan fingerprint density at radius 3 is 2.87 bits per heavy atom. The van der Waals surface area contributed by atoms with Crippen molar-refractivity contribution in [2.45, 2.75) is 44.1 Å². The number of nitrogens with one attached hydrogen (secondary N) is 2. The molecule has 0 radical (unpaired) electrons. The van der Waals surface area contributed by atoms with Crippen molar-refractivity contribution in [3.05, 3.63) is 51.4 Å². The third-order valence-electron chi connectivity index (χ3n) is 6.26. The summed E-state index contributed by atoms with van der Waals surface area (Å²) in [5.74, 6) is -0.865. The van der Waals surface area contributed by atoms with E-state index in [4.69, 9.17) is 0 Å². The van der Waals surface area contributed by atoms with E-state index < -0.39 is 23.4 Å². The number of urea groups is 1. The van der Waals surface area contributed by atoms with Crippen molar-refractivity contribution in [2.75, 3.05) is 11.9 Å². The first kappa shape index (κ1) is 18.8. The summed E-state index contributed by atoms with van der Waals surface area (Å²) in [6.45, 7) is -0.373. The van der Waals surface area contributed by atoms with E-state index in [1.807, 2.05) is 24.3 Å². The summed E-state index contributed by atoms with van der Waals surface area (Å²) in [5, 5.41) is 15.7. The second kappa shape index (κ2) is 6.96. The molecule has 1 fully saturated rings. The normalized spacial score (nSPS) is 21.9. The highest BCUT2D eigenvalue weighted by atomic mass is 32.1. The predicted molar refractivity (Wildman–Crippen MR) is 111 cm³/mol. The van der Waals surface area contributed by atoms with Crippen LogP contribution in [0.4, 0.5) is 9.80 Å². The number of carbonyl (C=O) groups excluding carboxylic acids is 3. The molecular formula is C22H20N4O3S. The van der Waals surface area contributed by atoms with E-state index >= 15 is 0 Å². The van der Waals surface area contributed by atoms with Gasteiger partial charge in [-0.3, -0.25) is 14.5 Å². The van der Waals surface area contributed by atoms with Gasteiger partial charge in [-0.15, -0.1) is 11.3 Å². The molecule has 3 aliphatic rings. The predicted octanol–water partition coefficient (Wildman–Crippen LogP) is 2.83. The molecular weight excluding hydrogens is 400 g/mol. The summed E-state index contributed by atoms with van der Waals surface area (Å²) in [7, 11) is 0. The zero-order valence-electron chi connectivity index (χ0n) is 16.3. The van der Waals surface area contributed by atoms with Gasteiger partial charge in [0.05, 0.1) is 5.56 Å². The van der Waals surface area contributed by atoms with Gasteiger partial charge in [-0.1, -0.05) is 24.3 Å². The standard InChI is InChI=1S/C22H20N4O3S/c23-11-15-14-6-2-4-8-17(14)30-19(15)24-18(27)12-26-20(28)22(25-21(26)29)10-9-13-5-1-3-7-16(13)22/h1,3,5,7H,2,4,6,8-10,12H2,(H,24,27)(H,25,29). The molecule has 8 heteroatoms. The lowest BCUT2D eigenvalue weighted by atomic mass is 9.92. The minimum absolute atomic E-state index is 0.373. The van der Waals surface area contributed by atoms with Gasteiger partial charge in [0.25, 0.3) is 5.91 Å². The van der Waals surface area contributed by atoms with Crippen molar-refractivity contribution in [2.24, 2.45) is 0 Å². The fourth-order valence-corrected chi connectivity index (χ4v) is 6.07. The van der Waals surface area contributed by atoms with Gasteiger partial charge in [0.2, 0.25) is 5.91 Å². The van der Waals surface area contributed by atoms with Crippen molar-refractivity contribution >= 4 is 34.2 Å². The number of thiophene rings is 1. The quantitative estimate of drug-likeness (QED) is 0.746. The Balaban J connectivity index is 1.35. The fraction of sp³-hybridized carbons (Fsp3) is 0.364. The summed E-state index contributed by atoms with van der Waals surface area (Å²) in [6.07, 6.45) is 5.08. The van der Waals surface area contributed by atoms with E-state index in [1.165, 1.54) is 11.3 Å². The maximum Gasteiger partial charge on any atom is 0.325 e. The Hall–Kier alpha value is -3.18. The number of hydrogen-bond acceptors (Lipinski definition) is 5.